The first kappa shape index (κ1) is 18.5. The molecule has 0 bridgehead atoms. The van der Waals surface area contributed by atoms with Gasteiger partial charge >= 0.3 is 0 Å². The van der Waals surface area contributed by atoms with E-state index in [0.717, 1.165) is 44.3 Å². The minimum atomic E-state index is -1.23. The Morgan fingerprint density at radius 3 is 2.13 bits per heavy atom. The molecule has 3 nitrogen and oxygen atoms in total. The van der Waals surface area contributed by atoms with Gasteiger partial charge in [0.25, 0.3) is 0 Å². The molecule has 0 saturated heterocycles. The van der Waals surface area contributed by atoms with Gasteiger partial charge in [0.15, 0.2) is 0 Å². The maximum absolute atomic E-state index is 12.2. The maximum atomic E-state index is 12.2. The summed E-state index contributed by atoms with van der Waals surface area (Å²) in [7, 11) is 0. The van der Waals surface area contributed by atoms with Crippen LogP contribution in [0.5, 0.6) is 0 Å². The van der Waals surface area contributed by atoms with Crippen molar-refractivity contribution in [2.24, 2.45) is 0 Å². The van der Waals surface area contributed by atoms with Crippen LogP contribution in [0.2, 0.25) is 0 Å². The Bertz CT molecular complexity index is 1340. The number of aryl methyl sites for hydroxylation is 1. The molecule has 0 spiro atoms. The lowest BCUT2D eigenvalue weighted by atomic mass is 9.80. The van der Waals surface area contributed by atoms with E-state index in [4.69, 9.17) is 9.97 Å². The van der Waals surface area contributed by atoms with E-state index in [9.17, 15) is 5.11 Å². The van der Waals surface area contributed by atoms with E-state index in [1.807, 2.05) is 85.8 Å². The highest BCUT2D eigenvalue weighted by molar-refractivity contribution is 5.87. The van der Waals surface area contributed by atoms with Crippen molar-refractivity contribution in [1.82, 2.24) is 9.97 Å². The molecule has 3 heteroatoms. The Balaban J connectivity index is 1.73. The normalized spacial score (nSPS) is 13.4. The smallest absolute Gasteiger partial charge is 0.121 e. The van der Waals surface area contributed by atoms with Gasteiger partial charge in [0.1, 0.15) is 5.60 Å². The zero-order valence-corrected chi connectivity index (χ0v) is 16.8. The molecular weight excluding hydrogens is 368 g/mol. The van der Waals surface area contributed by atoms with Crippen LogP contribution in [-0.2, 0) is 12.0 Å². The third-order valence-corrected chi connectivity index (χ3v) is 5.75. The number of aliphatic hydroxyl groups is 1. The first-order valence-electron chi connectivity index (χ1n) is 10.1. The van der Waals surface area contributed by atoms with Crippen LogP contribution in [-0.4, -0.2) is 15.1 Å². The lowest BCUT2D eigenvalue weighted by molar-refractivity contribution is 0.0814. The van der Waals surface area contributed by atoms with Gasteiger partial charge in [-0.1, -0.05) is 84.9 Å². The van der Waals surface area contributed by atoms with Crippen LogP contribution in [0.15, 0.2) is 97.1 Å². The lowest BCUT2D eigenvalue weighted by Gasteiger charge is -2.31. The van der Waals surface area contributed by atoms with Gasteiger partial charge in [-0.15, -0.1) is 0 Å². The monoisotopic (exact) mass is 390 g/mol. The van der Waals surface area contributed by atoms with E-state index in [1.54, 1.807) is 0 Å². The molecule has 1 heterocycles. The van der Waals surface area contributed by atoms with Crippen molar-refractivity contribution >= 4 is 21.8 Å². The van der Waals surface area contributed by atoms with Crippen LogP contribution in [0.4, 0.5) is 0 Å². The number of hydrogen-bond acceptors (Lipinski definition) is 3. The number of fused-ring (bicyclic) bond motifs is 2. The van der Waals surface area contributed by atoms with E-state index >= 15 is 0 Å². The summed E-state index contributed by atoms with van der Waals surface area (Å²) in [5.74, 6) is 0. The molecule has 5 rings (SSSR count). The Hall–Kier alpha value is -3.56. The molecule has 4 aromatic carbocycles. The molecule has 0 aliphatic heterocycles. The van der Waals surface area contributed by atoms with Crippen LogP contribution in [0.3, 0.4) is 0 Å². The van der Waals surface area contributed by atoms with Crippen molar-refractivity contribution in [2.45, 2.75) is 18.9 Å². The second kappa shape index (κ2) is 7.36. The van der Waals surface area contributed by atoms with Crippen molar-refractivity contribution in [3.8, 4) is 0 Å². The van der Waals surface area contributed by atoms with E-state index < -0.39 is 5.60 Å². The molecule has 1 N–H and O–H groups in total. The predicted octanol–water partition coefficient (Wildman–Crippen LogP) is 5.57. The largest absolute Gasteiger partial charge is 0.380 e. The minimum Gasteiger partial charge on any atom is -0.380 e. The van der Waals surface area contributed by atoms with Crippen LogP contribution >= 0.6 is 0 Å². The summed E-state index contributed by atoms with van der Waals surface area (Å²) in [6, 6.07) is 32.0. The number of nitrogens with zero attached hydrogens (tertiary/aromatic N) is 2. The average molecular weight is 390 g/mol. The Kier molecular flexibility index (Phi) is 4.53. The summed E-state index contributed by atoms with van der Waals surface area (Å²) >= 11 is 0. The number of rotatable bonds is 4. The Labute approximate surface area is 175 Å². The predicted molar refractivity (Wildman–Crippen MR) is 121 cm³/mol. The van der Waals surface area contributed by atoms with Crippen LogP contribution in [0.25, 0.3) is 21.8 Å². The number of hydrogen-bond donors (Lipinski definition) is 1. The molecule has 0 unspecified atom stereocenters. The molecule has 0 saturated carbocycles. The van der Waals surface area contributed by atoms with Crippen molar-refractivity contribution in [3.63, 3.8) is 0 Å². The molecule has 0 radical (unpaired) electrons. The summed E-state index contributed by atoms with van der Waals surface area (Å²) in [6.45, 7) is 1.96. The topological polar surface area (TPSA) is 46.0 Å². The highest BCUT2D eigenvalue weighted by Gasteiger charge is 2.34. The summed E-state index contributed by atoms with van der Waals surface area (Å²) in [5.41, 5.74) is 3.83. The molecular formula is C27H22N2O. The van der Waals surface area contributed by atoms with E-state index in [-0.39, 0.29) is 0 Å². The number of benzene rings is 4. The van der Waals surface area contributed by atoms with E-state index in [1.165, 1.54) is 0 Å². The Morgan fingerprint density at radius 2 is 1.33 bits per heavy atom. The van der Waals surface area contributed by atoms with Gasteiger partial charge < -0.3 is 5.11 Å². The maximum Gasteiger partial charge on any atom is 0.121 e. The van der Waals surface area contributed by atoms with Crippen LogP contribution < -0.4 is 0 Å². The first-order chi connectivity index (χ1) is 14.6. The van der Waals surface area contributed by atoms with Gasteiger partial charge in [-0.3, -0.25) is 0 Å². The fraction of sp³-hybridized carbons (Fsp3) is 0.111. The van der Waals surface area contributed by atoms with Crippen molar-refractivity contribution in [3.05, 3.63) is 120 Å². The highest BCUT2D eigenvalue weighted by atomic mass is 16.3. The van der Waals surface area contributed by atoms with Crippen molar-refractivity contribution < 1.29 is 5.11 Å². The van der Waals surface area contributed by atoms with Gasteiger partial charge in [-0.05, 0) is 41.0 Å². The molecule has 0 aliphatic carbocycles. The third-order valence-electron chi connectivity index (χ3n) is 5.75. The van der Waals surface area contributed by atoms with Gasteiger partial charge in [-0.25, -0.2) is 9.97 Å². The van der Waals surface area contributed by atoms with Crippen LogP contribution in [0, 0.1) is 6.92 Å². The summed E-state index contributed by atoms with van der Waals surface area (Å²) in [4.78, 5) is 9.60. The van der Waals surface area contributed by atoms with Crippen molar-refractivity contribution in [1.29, 1.82) is 0 Å². The van der Waals surface area contributed by atoms with Gasteiger partial charge in [0.2, 0.25) is 0 Å². The zero-order valence-electron chi connectivity index (χ0n) is 16.8. The molecule has 1 atom stereocenters. The van der Waals surface area contributed by atoms with E-state index in [2.05, 4.69) is 18.2 Å². The SMILES string of the molecule is Cc1nc2ccccc2nc1C[C@@](O)(c1ccccc1)c1cccc2ccccc12. The quantitative estimate of drug-likeness (QED) is 0.436. The zero-order chi connectivity index (χ0) is 20.6. The molecule has 30 heavy (non-hydrogen) atoms. The molecule has 5 aromatic rings. The van der Waals surface area contributed by atoms with Crippen LogP contribution in [0.1, 0.15) is 22.5 Å². The van der Waals surface area contributed by atoms with Gasteiger partial charge in [-0.2, -0.15) is 0 Å². The number of aromatic nitrogens is 2. The highest BCUT2D eigenvalue weighted by Crippen LogP contribution is 2.37. The fourth-order valence-corrected chi connectivity index (χ4v) is 4.19. The second-order valence-corrected chi connectivity index (χ2v) is 7.67. The summed E-state index contributed by atoms with van der Waals surface area (Å²) in [5, 5.41) is 14.4. The first-order valence-corrected chi connectivity index (χ1v) is 10.1. The van der Waals surface area contributed by atoms with E-state index in [0.29, 0.717) is 6.42 Å². The lowest BCUT2D eigenvalue weighted by Crippen LogP contribution is -2.31. The molecule has 0 amide bonds. The molecule has 146 valence electrons. The average Bonchev–Trinajstić information content (AvgIpc) is 2.79. The summed E-state index contributed by atoms with van der Waals surface area (Å²) < 4.78 is 0. The van der Waals surface area contributed by atoms with Crippen molar-refractivity contribution in [2.75, 3.05) is 0 Å². The minimum absolute atomic E-state index is 0.342. The second-order valence-electron chi connectivity index (χ2n) is 7.67. The molecule has 0 fully saturated rings. The molecule has 0 aliphatic rings. The van der Waals surface area contributed by atoms with Gasteiger partial charge in [0, 0.05) is 6.42 Å². The van der Waals surface area contributed by atoms with Gasteiger partial charge in [0.05, 0.1) is 22.4 Å². The summed E-state index contributed by atoms with van der Waals surface area (Å²) in [6.07, 6.45) is 0.342. The Morgan fingerprint density at radius 1 is 0.700 bits per heavy atom. The fourth-order valence-electron chi connectivity index (χ4n) is 4.19. The third kappa shape index (κ3) is 3.14. The number of para-hydroxylation sites is 2. The standard InChI is InChI=1S/C27H22N2O/c1-19-26(29-25-17-8-7-16-24(25)28-19)18-27(30,21-12-3-2-4-13-21)23-15-9-11-20-10-5-6-14-22(20)23/h2-17,30H,18H2,1H3/t27-/m1/s1. The molecule has 1 aromatic heterocycles.